The van der Waals surface area contributed by atoms with Crippen LogP contribution in [0, 0.1) is 49.7 Å². The summed E-state index contributed by atoms with van der Waals surface area (Å²) in [6.45, 7) is 30.4. The topological polar surface area (TPSA) is 265 Å². The molecule has 18 heteroatoms. The molecule has 314 valence electrons. The molecule has 1 saturated heterocycles. The largest absolute Gasteiger partial charge is 0.402 e. The molecule has 2 aliphatic heterocycles. The molecule has 1 unspecified atom stereocenters. The summed E-state index contributed by atoms with van der Waals surface area (Å²) in [6, 6.07) is 4.35. The third-order valence-electron chi connectivity index (χ3n) is 9.47. The number of nitrogens with two attached hydrogens (primary N) is 3. The SMILES string of the molecule is CC(=N)N(CN(C(C)=N)C1=C(N2CN(N)/C(=C(/C#N)CC(C)(C)C)N2)C(C(C)(C)C)NN1)/N=C(\C(CCn1nc(C(C)(C)C)c(C#N)c1NN)=C(\C)N)C(C)(C)C. The van der Waals surface area contributed by atoms with Gasteiger partial charge in [0.2, 0.25) is 0 Å². The van der Waals surface area contributed by atoms with Gasteiger partial charge in [0.15, 0.2) is 11.6 Å². The van der Waals surface area contributed by atoms with Crippen molar-refractivity contribution in [2.75, 3.05) is 18.8 Å². The van der Waals surface area contributed by atoms with Crippen LogP contribution in [0.5, 0.6) is 0 Å². The van der Waals surface area contributed by atoms with Crippen LogP contribution in [0.15, 0.2) is 39.3 Å². The first-order valence-corrected chi connectivity index (χ1v) is 19.2. The molecule has 1 aromatic heterocycles. The maximum absolute atomic E-state index is 10.1. The lowest BCUT2D eigenvalue weighted by Crippen LogP contribution is -2.46. The van der Waals surface area contributed by atoms with Gasteiger partial charge in [-0.3, -0.25) is 31.2 Å². The number of nitrogen functional groups attached to an aromatic ring is 1. The maximum Gasteiger partial charge on any atom is 0.156 e. The molecule has 1 atom stereocenters. The van der Waals surface area contributed by atoms with Crippen molar-refractivity contribution in [2.45, 2.75) is 135 Å². The van der Waals surface area contributed by atoms with Crippen molar-refractivity contribution < 1.29 is 0 Å². The van der Waals surface area contributed by atoms with E-state index in [1.807, 2.05) is 53.5 Å². The molecular weight excluding hydrogens is 721 g/mol. The smallest absolute Gasteiger partial charge is 0.156 e. The number of aromatic nitrogens is 2. The summed E-state index contributed by atoms with van der Waals surface area (Å²) in [5.41, 5.74) is 22.4. The molecule has 57 heavy (non-hydrogen) atoms. The Balaban J connectivity index is 2.15. The Kier molecular flexibility index (Phi) is 13.8. The molecule has 2 aliphatic rings. The van der Waals surface area contributed by atoms with Crippen molar-refractivity contribution >= 4 is 23.2 Å². The standard InChI is InChI=1S/C39H68N18/c1-23(42)27(16-17-55-34(47-45)28(20-41)31(50-55)38(10,11)12)30(37(7,8)9)51-56(25(3)44)21-53(24(2)43)35-29(32(48-49-35)39(13,14)15)57-22-54(46)33(52-57)26(19-40)18-36(4,5)6/h32,43-44,47-49,52H,16-18,21-22,42,45-46H2,1-15H3/b27-23-,33-26+,43-24?,44-25?,51-30+. The minimum atomic E-state index is -0.533. The van der Waals surface area contributed by atoms with Crippen LogP contribution in [0.3, 0.4) is 0 Å². The summed E-state index contributed by atoms with van der Waals surface area (Å²) in [4.78, 5) is 1.75. The van der Waals surface area contributed by atoms with Gasteiger partial charge in [-0.25, -0.2) is 26.8 Å². The van der Waals surface area contributed by atoms with Crippen LogP contribution in [0.1, 0.15) is 128 Å². The maximum atomic E-state index is 10.1. The number of hydrazine groups is 4. The van der Waals surface area contributed by atoms with Crippen molar-refractivity contribution in [1.82, 2.24) is 46.0 Å². The van der Waals surface area contributed by atoms with Gasteiger partial charge in [-0.05, 0) is 50.0 Å². The van der Waals surface area contributed by atoms with Gasteiger partial charge in [-0.2, -0.15) is 20.7 Å². The summed E-state index contributed by atoms with van der Waals surface area (Å²) < 4.78 is 1.69. The molecule has 0 amide bonds. The number of hydrogen-bond donors (Lipinski definition) is 9. The fraction of sp³-hybridized carbons (Fsp3) is 0.641. The molecule has 12 N–H and O–H groups in total. The van der Waals surface area contributed by atoms with Gasteiger partial charge in [-0.1, -0.05) is 83.1 Å². The Morgan fingerprint density at radius 1 is 1.02 bits per heavy atom. The molecule has 3 heterocycles. The molecule has 0 aromatic carbocycles. The van der Waals surface area contributed by atoms with E-state index in [-0.39, 0.29) is 41.9 Å². The van der Waals surface area contributed by atoms with Crippen molar-refractivity contribution in [3.63, 3.8) is 0 Å². The van der Waals surface area contributed by atoms with Gasteiger partial charge >= 0.3 is 0 Å². The first kappa shape index (κ1) is 46.1. The highest BCUT2D eigenvalue weighted by Crippen LogP contribution is 2.36. The molecule has 0 saturated carbocycles. The molecule has 1 fully saturated rings. The van der Waals surface area contributed by atoms with Gasteiger partial charge in [0, 0.05) is 23.1 Å². The first-order chi connectivity index (χ1) is 26.1. The molecule has 18 nitrogen and oxygen atoms in total. The van der Waals surface area contributed by atoms with E-state index in [2.05, 4.69) is 75.4 Å². The van der Waals surface area contributed by atoms with E-state index < -0.39 is 10.8 Å². The zero-order chi connectivity index (χ0) is 43.6. The summed E-state index contributed by atoms with van der Waals surface area (Å²) in [5, 5.41) is 53.0. The second-order valence-electron chi connectivity index (χ2n) is 19.2. The highest BCUT2D eigenvalue weighted by Gasteiger charge is 2.43. The quantitative estimate of drug-likeness (QED) is 0.0367. The average molecular weight is 789 g/mol. The van der Waals surface area contributed by atoms with Crippen LogP contribution in [-0.4, -0.2) is 66.5 Å². The number of hydrogen-bond acceptors (Lipinski definition) is 15. The third-order valence-corrected chi connectivity index (χ3v) is 9.47. The Labute approximate surface area is 339 Å². The van der Waals surface area contributed by atoms with Crippen molar-refractivity contribution in [3.8, 4) is 12.1 Å². The van der Waals surface area contributed by atoms with E-state index in [0.29, 0.717) is 65.1 Å². The normalized spacial score (nSPS) is 18.1. The summed E-state index contributed by atoms with van der Waals surface area (Å²) in [5.74, 6) is 14.3. The highest BCUT2D eigenvalue weighted by atomic mass is 15.7. The number of allylic oxidation sites excluding steroid dienone is 3. The molecule has 3 rings (SSSR count). The molecule has 0 spiro atoms. The Morgan fingerprint density at radius 2 is 1.63 bits per heavy atom. The average Bonchev–Trinajstić information content (AvgIpc) is 3.77. The second kappa shape index (κ2) is 17.1. The van der Waals surface area contributed by atoms with Crippen LogP contribution in [-0.2, 0) is 12.0 Å². The fourth-order valence-corrected chi connectivity index (χ4v) is 6.66. The predicted molar refractivity (Wildman–Crippen MR) is 226 cm³/mol. The van der Waals surface area contributed by atoms with E-state index in [9.17, 15) is 10.5 Å². The zero-order valence-corrected chi connectivity index (χ0v) is 36.9. The first-order valence-electron chi connectivity index (χ1n) is 19.2. The van der Waals surface area contributed by atoms with Crippen LogP contribution in [0.25, 0.3) is 0 Å². The van der Waals surface area contributed by atoms with E-state index in [1.165, 1.54) is 5.01 Å². The number of amidine groups is 2. The number of nitrogens with zero attached hydrogens (tertiary/aromatic N) is 9. The predicted octanol–water partition coefficient (Wildman–Crippen LogP) is 4.74. The third kappa shape index (κ3) is 10.8. The molecular formula is C39H68N18. The van der Waals surface area contributed by atoms with Crippen LogP contribution in [0.2, 0.25) is 0 Å². The van der Waals surface area contributed by atoms with Gasteiger partial charge in [0.25, 0.3) is 0 Å². The van der Waals surface area contributed by atoms with E-state index in [4.69, 9.17) is 38.4 Å². The van der Waals surface area contributed by atoms with E-state index in [0.717, 1.165) is 11.3 Å². The van der Waals surface area contributed by atoms with E-state index >= 15 is 0 Å². The van der Waals surface area contributed by atoms with Crippen molar-refractivity contribution in [2.24, 2.45) is 38.8 Å². The Hall–Kier alpha value is -5.30. The summed E-state index contributed by atoms with van der Waals surface area (Å²) >= 11 is 0. The summed E-state index contributed by atoms with van der Waals surface area (Å²) in [7, 11) is 0. The van der Waals surface area contributed by atoms with Crippen LogP contribution in [0.4, 0.5) is 5.82 Å². The van der Waals surface area contributed by atoms with E-state index in [1.54, 1.807) is 28.4 Å². The number of aryl methyl sites for hydroxylation is 1. The Bertz CT molecular complexity index is 1900. The number of nitrogens with one attached hydrogen (secondary N) is 6. The summed E-state index contributed by atoms with van der Waals surface area (Å²) in [6.07, 6.45) is 0.929. The lowest BCUT2D eigenvalue weighted by atomic mass is 9.83. The monoisotopic (exact) mass is 789 g/mol. The molecule has 0 radical (unpaired) electrons. The zero-order valence-electron chi connectivity index (χ0n) is 36.9. The number of rotatable bonds is 11. The molecule has 0 aliphatic carbocycles. The molecule has 1 aromatic rings. The second-order valence-corrected chi connectivity index (χ2v) is 19.2. The Morgan fingerprint density at radius 3 is 2.07 bits per heavy atom. The number of hydrazone groups is 1. The van der Waals surface area contributed by atoms with Gasteiger partial charge in [0.05, 0.1) is 40.6 Å². The highest BCUT2D eigenvalue weighted by molar-refractivity contribution is 6.04. The van der Waals surface area contributed by atoms with Crippen molar-refractivity contribution in [1.29, 1.82) is 21.3 Å². The minimum Gasteiger partial charge on any atom is -0.402 e. The molecule has 0 bridgehead atoms. The number of nitriles is 2. The van der Waals surface area contributed by atoms with Crippen LogP contribution >= 0.6 is 0 Å². The van der Waals surface area contributed by atoms with Gasteiger partial charge < -0.3 is 16.6 Å². The number of anilines is 1. The van der Waals surface area contributed by atoms with Crippen LogP contribution < -0.4 is 39.1 Å². The lowest BCUT2D eigenvalue weighted by molar-refractivity contribution is 0.209. The minimum absolute atomic E-state index is 0.00272. The van der Waals surface area contributed by atoms with Gasteiger partial charge in [-0.15, -0.1) is 0 Å². The fourth-order valence-electron chi connectivity index (χ4n) is 6.66. The lowest BCUT2D eigenvalue weighted by Gasteiger charge is -2.35. The van der Waals surface area contributed by atoms with Gasteiger partial charge in [0.1, 0.15) is 36.6 Å². The van der Waals surface area contributed by atoms with Crippen molar-refractivity contribution in [3.05, 3.63) is 45.4 Å².